The maximum Gasteiger partial charge on any atom is 0.246 e. The summed E-state index contributed by atoms with van der Waals surface area (Å²) in [6, 6.07) is 20.9. The van der Waals surface area contributed by atoms with E-state index in [0.717, 1.165) is 5.69 Å². The lowest BCUT2D eigenvalue weighted by Gasteiger charge is -2.17. The molecule has 0 bridgehead atoms. The van der Waals surface area contributed by atoms with Crippen molar-refractivity contribution < 1.29 is 19.1 Å². The molecule has 0 radical (unpaired) electrons. The number of carbonyl (C=O) groups is 2. The molecule has 2 N–H and O–H groups in total. The van der Waals surface area contributed by atoms with Crippen molar-refractivity contribution in [2.24, 2.45) is 0 Å². The third-order valence-electron chi connectivity index (χ3n) is 4.61. The van der Waals surface area contributed by atoms with E-state index in [-0.39, 0.29) is 18.5 Å². The Morgan fingerprint density at radius 1 is 0.897 bits per heavy atom. The molecule has 0 saturated heterocycles. The van der Waals surface area contributed by atoms with Crippen LogP contribution in [0.1, 0.15) is 22.8 Å². The number of amides is 1. The predicted molar refractivity (Wildman–Crippen MR) is 111 cm³/mol. The zero-order valence-electron chi connectivity index (χ0n) is 15.8. The standard InChI is InChI=1S/C23H20N2O4/c1-15(24-17-11-12-20-21(13-17)29-14-28-20)23(27)25-19-10-6-5-9-18(19)22(26)16-7-3-2-4-8-16/h2-13,15,24H,14H2,1H3,(H,25,27)/t15-/m0/s1. The van der Waals surface area contributed by atoms with Gasteiger partial charge >= 0.3 is 0 Å². The van der Waals surface area contributed by atoms with Gasteiger partial charge in [-0.05, 0) is 31.2 Å². The first kappa shape index (κ1) is 18.6. The minimum atomic E-state index is -0.532. The van der Waals surface area contributed by atoms with Crippen LogP contribution in [0, 0.1) is 0 Å². The SMILES string of the molecule is C[C@H](Nc1ccc2c(c1)OCO2)C(=O)Nc1ccccc1C(=O)c1ccccc1. The number of nitrogens with one attached hydrogen (secondary N) is 2. The average molecular weight is 388 g/mol. The van der Waals surface area contributed by atoms with Crippen LogP contribution in [-0.2, 0) is 4.79 Å². The number of para-hydroxylation sites is 1. The van der Waals surface area contributed by atoms with Gasteiger partial charge in [0, 0.05) is 22.9 Å². The summed E-state index contributed by atoms with van der Waals surface area (Å²) < 4.78 is 10.7. The molecular weight excluding hydrogens is 368 g/mol. The first-order valence-electron chi connectivity index (χ1n) is 9.27. The summed E-state index contributed by atoms with van der Waals surface area (Å²) in [5, 5.41) is 5.99. The number of rotatable bonds is 6. The molecule has 4 rings (SSSR count). The first-order chi connectivity index (χ1) is 14.1. The number of hydrogen-bond donors (Lipinski definition) is 2. The normalized spacial score (nSPS) is 12.9. The maximum absolute atomic E-state index is 12.8. The highest BCUT2D eigenvalue weighted by molar-refractivity contribution is 6.14. The van der Waals surface area contributed by atoms with Gasteiger partial charge in [0.15, 0.2) is 17.3 Å². The summed E-state index contributed by atoms with van der Waals surface area (Å²) in [4.78, 5) is 25.5. The van der Waals surface area contributed by atoms with Crippen LogP contribution in [0.2, 0.25) is 0 Å². The van der Waals surface area contributed by atoms with Crippen LogP contribution in [0.25, 0.3) is 0 Å². The van der Waals surface area contributed by atoms with E-state index in [1.165, 1.54) is 0 Å². The average Bonchev–Trinajstić information content (AvgIpc) is 3.22. The largest absolute Gasteiger partial charge is 0.454 e. The third kappa shape index (κ3) is 4.06. The molecule has 3 aromatic rings. The van der Waals surface area contributed by atoms with Gasteiger partial charge < -0.3 is 20.1 Å². The van der Waals surface area contributed by atoms with Gasteiger partial charge in [-0.1, -0.05) is 42.5 Å². The van der Waals surface area contributed by atoms with Gasteiger partial charge in [0.25, 0.3) is 0 Å². The Kier molecular flexibility index (Phi) is 5.16. The molecule has 0 aromatic heterocycles. The molecule has 6 heteroatoms. The second-order valence-corrected chi connectivity index (χ2v) is 6.66. The number of ketones is 1. The lowest BCUT2D eigenvalue weighted by atomic mass is 10.0. The Balaban J connectivity index is 1.48. The Bertz CT molecular complexity index is 1050. The minimum absolute atomic E-state index is 0.141. The monoisotopic (exact) mass is 388 g/mol. The van der Waals surface area contributed by atoms with Crippen LogP contribution in [0.3, 0.4) is 0 Å². The number of anilines is 2. The predicted octanol–water partition coefficient (Wildman–Crippen LogP) is 4.09. The van der Waals surface area contributed by atoms with Crippen molar-refractivity contribution >= 4 is 23.1 Å². The molecule has 0 spiro atoms. The van der Waals surface area contributed by atoms with E-state index < -0.39 is 6.04 Å². The Hall–Kier alpha value is -3.80. The number of ether oxygens (including phenoxy) is 2. The van der Waals surface area contributed by atoms with Gasteiger partial charge in [0.05, 0.1) is 5.69 Å². The van der Waals surface area contributed by atoms with Crippen LogP contribution >= 0.6 is 0 Å². The molecule has 146 valence electrons. The van der Waals surface area contributed by atoms with Crippen molar-refractivity contribution in [3.8, 4) is 11.5 Å². The summed E-state index contributed by atoms with van der Waals surface area (Å²) in [7, 11) is 0. The fourth-order valence-electron chi connectivity index (χ4n) is 3.08. The highest BCUT2D eigenvalue weighted by Gasteiger charge is 2.19. The Morgan fingerprint density at radius 3 is 2.45 bits per heavy atom. The van der Waals surface area contributed by atoms with Crippen LogP contribution in [0.5, 0.6) is 11.5 Å². The molecule has 1 aliphatic rings. The highest BCUT2D eigenvalue weighted by Crippen LogP contribution is 2.34. The highest BCUT2D eigenvalue weighted by atomic mass is 16.7. The molecule has 1 atom stereocenters. The molecule has 0 aliphatic carbocycles. The van der Waals surface area contributed by atoms with Crippen LogP contribution in [0.15, 0.2) is 72.8 Å². The van der Waals surface area contributed by atoms with Gasteiger partial charge in [-0.15, -0.1) is 0 Å². The molecule has 0 fully saturated rings. The summed E-state index contributed by atoms with van der Waals surface area (Å²) in [6.07, 6.45) is 0. The molecule has 1 amide bonds. The zero-order chi connectivity index (χ0) is 20.2. The summed E-state index contributed by atoms with van der Waals surface area (Å²) in [6.45, 7) is 1.95. The summed E-state index contributed by atoms with van der Waals surface area (Å²) in [5.74, 6) is 0.927. The van der Waals surface area contributed by atoms with Crippen molar-refractivity contribution in [1.29, 1.82) is 0 Å². The van der Waals surface area contributed by atoms with Crippen molar-refractivity contribution in [1.82, 2.24) is 0 Å². The molecule has 0 unspecified atom stereocenters. The van der Waals surface area contributed by atoms with E-state index in [1.807, 2.05) is 24.3 Å². The quantitative estimate of drug-likeness (QED) is 0.622. The molecule has 1 aliphatic heterocycles. The van der Waals surface area contributed by atoms with E-state index >= 15 is 0 Å². The molecule has 0 saturated carbocycles. The summed E-state index contributed by atoms with van der Waals surface area (Å²) >= 11 is 0. The van der Waals surface area contributed by atoms with Crippen molar-refractivity contribution in [2.45, 2.75) is 13.0 Å². The molecule has 1 heterocycles. The molecule has 6 nitrogen and oxygen atoms in total. The van der Waals surface area contributed by atoms with Crippen molar-refractivity contribution in [3.05, 3.63) is 83.9 Å². The van der Waals surface area contributed by atoms with Gasteiger partial charge in [0.1, 0.15) is 6.04 Å². The minimum Gasteiger partial charge on any atom is -0.454 e. The first-order valence-corrected chi connectivity index (χ1v) is 9.27. The smallest absolute Gasteiger partial charge is 0.246 e. The second kappa shape index (κ2) is 8.06. The molecular formula is C23H20N2O4. The van der Waals surface area contributed by atoms with E-state index in [9.17, 15) is 9.59 Å². The number of benzene rings is 3. The molecule has 3 aromatic carbocycles. The van der Waals surface area contributed by atoms with Crippen LogP contribution in [-0.4, -0.2) is 24.5 Å². The topological polar surface area (TPSA) is 76.7 Å². The van der Waals surface area contributed by atoms with Gasteiger partial charge in [0.2, 0.25) is 12.7 Å². The van der Waals surface area contributed by atoms with Crippen molar-refractivity contribution in [3.63, 3.8) is 0 Å². The summed E-state index contributed by atoms with van der Waals surface area (Å²) in [5.41, 5.74) is 2.24. The lowest BCUT2D eigenvalue weighted by Crippen LogP contribution is -2.32. The van der Waals surface area contributed by atoms with Gasteiger partial charge in [-0.3, -0.25) is 9.59 Å². The van der Waals surface area contributed by atoms with E-state index in [4.69, 9.17) is 9.47 Å². The number of hydrogen-bond acceptors (Lipinski definition) is 5. The Labute approximate surface area is 168 Å². The van der Waals surface area contributed by atoms with E-state index in [2.05, 4.69) is 10.6 Å². The fraction of sp³-hybridized carbons (Fsp3) is 0.130. The number of fused-ring (bicyclic) bond motifs is 1. The zero-order valence-corrected chi connectivity index (χ0v) is 15.8. The van der Waals surface area contributed by atoms with Gasteiger partial charge in [-0.25, -0.2) is 0 Å². The fourth-order valence-corrected chi connectivity index (χ4v) is 3.08. The van der Waals surface area contributed by atoms with Crippen LogP contribution < -0.4 is 20.1 Å². The van der Waals surface area contributed by atoms with Crippen molar-refractivity contribution in [2.75, 3.05) is 17.4 Å². The molecule has 29 heavy (non-hydrogen) atoms. The van der Waals surface area contributed by atoms with Crippen LogP contribution in [0.4, 0.5) is 11.4 Å². The second-order valence-electron chi connectivity index (χ2n) is 6.66. The van der Waals surface area contributed by atoms with E-state index in [1.54, 1.807) is 55.5 Å². The Morgan fingerprint density at radius 2 is 1.62 bits per heavy atom. The van der Waals surface area contributed by atoms with Gasteiger partial charge in [-0.2, -0.15) is 0 Å². The van der Waals surface area contributed by atoms with E-state index in [0.29, 0.717) is 28.3 Å². The maximum atomic E-state index is 12.8. The lowest BCUT2D eigenvalue weighted by molar-refractivity contribution is -0.116. The third-order valence-corrected chi connectivity index (χ3v) is 4.61. The number of carbonyl (C=O) groups excluding carboxylic acids is 2.